The number of aromatic nitrogens is 2. The van der Waals surface area contributed by atoms with Crippen molar-refractivity contribution in [3.8, 4) is 11.8 Å². The summed E-state index contributed by atoms with van der Waals surface area (Å²) >= 11 is 11.4. The zero-order valence-corrected chi connectivity index (χ0v) is 18.7. The van der Waals surface area contributed by atoms with Gasteiger partial charge in [-0.15, -0.1) is 0 Å². The van der Waals surface area contributed by atoms with E-state index in [1.54, 1.807) is 0 Å². The Morgan fingerprint density at radius 3 is 1.85 bits per heavy atom. The fourth-order valence-electron chi connectivity index (χ4n) is 2.92. The van der Waals surface area contributed by atoms with Crippen molar-refractivity contribution in [2.45, 2.75) is 22.4 Å². The minimum atomic E-state index is -10.3. The molecule has 0 aliphatic heterocycles. The van der Waals surface area contributed by atoms with Crippen molar-refractivity contribution in [3.05, 3.63) is 33.4 Å². The summed E-state index contributed by atoms with van der Waals surface area (Å²) in [4.78, 5) is 2.11. The van der Waals surface area contributed by atoms with Crippen molar-refractivity contribution in [1.29, 1.82) is 5.26 Å². The minimum Gasteiger partial charge on any atom is -0.369 e. The van der Waals surface area contributed by atoms with Crippen LogP contribution in [0.4, 0.5) is 47.2 Å². The van der Waals surface area contributed by atoms with Gasteiger partial charge in [-0.25, -0.2) is 14.1 Å². The summed E-state index contributed by atoms with van der Waals surface area (Å²) in [6, 6.07) is 0.566. The van der Waals surface area contributed by atoms with E-state index in [9.17, 15) is 46.6 Å². The molecule has 1 heterocycles. The average molecular weight is 564 g/mol. The van der Waals surface area contributed by atoms with Gasteiger partial charge in [-0.3, -0.25) is 0 Å². The van der Waals surface area contributed by atoms with Crippen LogP contribution in [0.15, 0.2) is 22.0 Å². The average Bonchev–Trinajstić information content (AvgIpc) is 2.92. The first-order valence-electron chi connectivity index (χ1n) is 8.43. The largest absolute Gasteiger partial charge is 0.369 e. The number of halogens is 12. The third kappa shape index (κ3) is 3.64. The molecule has 0 spiro atoms. The molecule has 0 unspecified atom stereocenters. The molecular weight excluding hydrogens is 555 g/mol. The molecule has 0 amide bonds. The molecule has 1 aromatic heterocycles. The monoisotopic (exact) mass is 563 g/mol. The summed E-state index contributed by atoms with van der Waals surface area (Å²) in [6.07, 6.45) is 0.769. The van der Waals surface area contributed by atoms with Crippen LogP contribution in [0.1, 0.15) is 11.3 Å². The van der Waals surface area contributed by atoms with Crippen LogP contribution in [-0.4, -0.2) is 47.0 Å². The standard InChI is InChI=1S/C16H9Cl2F10N5S/c1-32(2)6-30-13-11(14(19)15(20,21)16(14,22)23)10(5-29)31-33(13)12-8(17)3-7(4-9(12)18)34(24,25,26,27)28/h3-4,6H,1-2H3. The zero-order chi connectivity index (χ0) is 26.3. The van der Waals surface area contributed by atoms with E-state index in [-0.39, 0.29) is 16.8 Å². The van der Waals surface area contributed by atoms with Crippen LogP contribution < -0.4 is 0 Å². The molecule has 0 atom stereocenters. The Kier molecular flexibility index (Phi) is 5.12. The van der Waals surface area contributed by atoms with Gasteiger partial charge in [-0.05, 0) is 12.1 Å². The van der Waals surface area contributed by atoms with Gasteiger partial charge >= 0.3 is 22.1 Å². The van der Waals surface area contributed by atoms with Gasteiger partial charge in [0.05, 0.1) is 21.9 Å². The molecule has 1 aliphatic carbocycles. The van der Waals surface area contributed by atoms with E-state index >= 15 is 0 Å². The van der Waals surface area contributed by atoms with Crippen molar-refractivity contribution < 1.29 is 41.4 Å². The minimum absolute atomic E-state index is 0.138. The van der Waals surface area contributed by atoms with Crippen LogP contribution in [0.2, 0.25) is 10.0 Å². The molecule has 0 bridgehead atoms. The fourth-order valence-corrected chi connectivity index (χ4v) is 4.38. The summed E-state index contributed by atoms with van der Waals surface area (Å²) in [7, 11) is -7.68. The Labute approximate surface area is 193 Å². The van der Waals surface area contributed by atoms with Crippen molar-refractivity contribution in [1.82, 2.24) is 14.7 Å². The smallest absolute Gasteiger partial charge is 0.358 e. The zero-order valence-electron chi connectivity index (χ0n) is 16.4. The Morgan fingerprint density at radius 1 is 1.03 bits per heavy atom. The lowest BCUT2D eigenvalue weighted by atomic mass is 10.1. The second-order valence-corrected chi connectivity index (χ2v) is 10.5. The van der Waals surface area contributed by atoms with E-state index in [2.05, 4.69) is 10.1 Å². The topological polar surface area (TPSA) is 57.2 Å². The molecular formula is C16H9Cl2F10N5S. The maximum atomic E-state index is 15.0. The van der Waals surface area contributed by atoms with E-state index in [1.807, 2.05) is 0 Å². The second kappa shape index (κ2) is 6.64. The van der Waals surface area contributed by atoms with Crippen molar-refractivity contribution in [3.63, 3.8) is 0 Å². The van der Waals surface area contributed by atoms with Gasteiger partial charge in [-0.1, -0.05) is 42.6 Å². The number of nitrogens with zero attached hydrogens (tertiary/aromatic N) is 5. The number of nitriles is 1. The fraction of sp³-hybridized carbons (Fsp3) is 0.312. The molecule has 3 rings (SSSR count). The Balaban J connectivity index is 2.41. The first-order valence-corrected chi connectivity index (χ1v) is 11.1. The maximum Gasteiger partial charge on any atom is 0.358 e. The highest BCUT2D eigenvalue weighted by atomic mass is 35.5. The molecule has 0 N–H and O–H groups in total. The molecule has 1 aliphatic rings. The van der Waals surface area contributed by atoms with Crippen LogP contribution in [-0.2, 0) is 5.67 Å². The Hall–Kier alpha value is -2.38. The maximum absolute atomic E-state index is 15.0. The lowest BCUT2D eigenvalue weighted by Gasteiger charge is -2.40. The number of hydrogen-bond donors (Lipinski definition) is 0. The lowest BCUT2D eigenvalue weighted by molar-refractivity contribution is -0.0278. The van der Waals surface area contributed by atoms with Crippen LogP contribution in [0.3, 0.4) is 0 Å². The van der Waals surface area contributed by atoms with Crippen LogP contribution in [0.5, 0.6) is 0 Å². The highest BCUT2D eigenvalue weighted by Gasteiger charge is 3.00. The van der Waals surface area contributed by atoms with Gasteiger partial charge in [0.15, 0.2) is 11.5 Å². The van der Waals surface area contributed by atoms with Crippen LogP contribution in [0.25, 0.3) is 5.69 Å². The van der Waals surface area contributed by atoms with Gasteiger partial charge in [0.1, 0.15) is 16.7 Å². The van der Waals surface area contributed by atoms with E-state index in [4.69, 9.17) is 23.2 Å². The van der Waals surface area contributed by atoms with E-state index < -0.39 is 65.4 Å². The Morgan fingerprint density at radius 2 is 1.50 bits per heavy atom. The molecule has 188 valence electrons. The quantitative estimate of drug-likeness (QED) is 0.217. The summed E-state index contributed by atoms with van der Waals surface area (Å²) in [5.74, 6) is -11.8. The summed E-state index contributed by atoms with van der Waals surface area (Å²) in [5.41, 5.74) is -8.77. The lowest BCUT2D eigenvalue weighted by Crippen LogP contribution is -2.14. The van der Waals surface area contributed by atoms with Gasteiger partial charge in [0.2, 0.25) is 0 Å². The van der Waals surface area contributed by atoms with Crippen molar-refractivity contribution in [2.75, 3.05) is 14.1 Å². The van der Waals surface area contributed by atoms with Gasteiger partial charge in [-0.2, -0.15) is 27.9 Å². The number of alkyl halides is 5. The summed E-state index contributed by atoms with van der Waals surface area (Å²) in [5, 5.41) is 10.1. The van der Waals surface area contributed by atoms with Crippen molar-refractivity contribution in [2.24, 2.45) is 4.99 Å². The summed E-state index contributed by atoms with van der Waals surface area (Å²) in [6.45, 7) is 0. The normalized spacial score (nSPS) is 20.5. The molecule has 1 fully saturated rings. The van der Waals surface area contributed by atoms with Crippen LogP contribution in [0, 0.1) is 11.3 Å². The van der Waals surface area contributed by atoms with E-state index in [1.165, 1.54) is 14.1 Å². The molecule has 0 saturated heterocycles. The molecule has 1 aromatic carbocycles. The van der Waals surface area contributed by atoms with Gasteiger partial charge in [0.25, 0.3) is 5.67 Å². The SMILES string of the molecule is CN(C)C=Nc1c(C2(F)C(F)(F)C2(F)F)c(C#N)nn1-c1c(Cl)cc(S(F)(F)(F)(F)F)cc1Cl. The Bertz CT molecular complexity index is 1240. The molecule has 34 heavy (non-hydrogen) atoms. The van der Waals surface area contributed by atoms with E-state index in [0.717, 1.165) is 17.3 Å². The molecule has 0 radical (unpaired) electrons. The van der Waals surface area contributed by atoms with Crippen molar-refractivity contribution >= 4 is 45.6 Å². The molecule has 18 heteroatoms. The van der Waals surface area contributed by atoms with Gasteiger partial charge in [0, 0.05) is 14.1 Å². The predicted octanol–water partition coefficient (Wildman–Crippen LogP) is 7.38. The summed E-state index contributed by atoms with van der Waals surface area (Å²) < 4.78 is 136. The highest BCUT2D eigenvalue weighted by Crippen LogP contribution is 3.02. The second-order valence-electron chi connectivity index (χ2n) is 7.29. The number of aliphatic imine (C=N–C) groups is 1. The first-order chi connectivity index (χ1) is 15.0. The molecule has 1 saturated carbocycles. The molecule has 5 nitrogen and oxygen atoms in total. The predicted molar refractivity (Wildman–Crippen MR) is 104 cm³/mol. The number of rotatable bonds is 5. The van der Waals surface area contributed by atoms with Gasteiger partial charge < -0.3 is 4.90 Å². The highest BCUT2D eigenvalue weighted by molar-refractivity contribution is 8.45. The van der Waals surface area contributed by atoms with E-state index in [0.29, 0.717) is 0 Å². The number of hydrogen-bond acceptors (Lipinski definition) is 3. The van der Waals surface area contributed by atoms with Crippen LogP contribution >= 0.6 is 33.4 Å². The first kappa shape index (κ1) is 26.2. The molecule has 2 aromatic rings. The third-order valence-electron chi connectivity index (χ3n) is 4.57. The number of benzene rings is 1. The third-order valence-corrected chi connectivity index (χ3v) is 6.27.